The first kappa shape index (κ1) is 20.4. The number of ether oxygens (including phenoxy) is 2. The van der Waals surface area contributed by atoms with Crippen molar-refractivity contribution in [3.63, 3.8) is 0 Å². The molecule has 0 bridgehead atoms. The molecule has 31 heavy (non-hydrogen) atoms. The molecule has 156 valence electrons. The predicted molar refractivity (Wildman–Crippen MR) is 119 cm³/mol. The Labute approximate surface area is 181 Å². The molecule has 3 aromatic carbocycles. The van der Waals surface area contributed by atoms with Crippen LogP contribution in [0.1, 0.15) is 31.8 Å². The summed E-state index contributed by atoms with van der Waals surface area (Å²) < 4.78 is 10.9. The highest BCUT2D eigenvalue weighted by atomic mass is 16.5. The van der Waals surface area contributed by atoms with Crippen LogP contribution in [0.25, 0.3) is 6.08 Å². The van der Waals surface area contributed by atoms with Gasteiger partial charge in [0, 0.05) is 12.0 Å². The number of rotatable bonds is 7. The molecule has 3 aromatic rings. The lowest BCUT2D eigenvalue weighted by atomic mass is 10.0. The molecule has 0 aromatic heterocycles. The molecule has 5 nitrogen and oxygen atoms in total. The number of carbonyl (C=O) groups excluding carboxylic acids is 2. The van der Waals surface area contributed by atoms with Crippen LogP contribution >= 0.6 is 0 Å². The molecule has 0 N–H and O–H groups in total. The van der Waals surface area contributed by atoms with Gasteiger partial charge in [-0.25, -0.2) is 0 Å². The number of imide groups is 1. The summed E-state index contributed by atoms with van der Waals surface area (Å²) >= 11 is 0. The minimum absolute atomic E-state index is 0.287. The smallest absolute Gasteiger partial charge is 0.262 e. The van der Waals surface area contributed by atoms with Crippen LogP contribution in [0.4, 0.5) is 0 Å². The van der Waals surface area contributed by atoms with Gasteiger partial charge in [0.15, 0.2) is 0 Å². The number of benzene rings is 3. The summed E-state index contributed by atoms with van der Waals surface area (Å²) in [4.78, 5) is 27.6. The van der Waals surface area contributed by atoms with Gasteiger partial charge in [0.25, 0.3) is 11.8 Å². The van der Waals surface area contributed by atoms with Gasteiger partial charge < -0.3 is 9.47 Å². The summed E-state index contributed by atoms with van der Waals surface area (Å²) in [6.45, 7) is 0. The lowest BCUT2D eigenvalue weighted by Gasteiger charge is -2.24. The van der Waals surface area contributed by atoms with Crippen LogP contribution in [-0.4, -0.2) is 37.0 Å². The molecule has 0 spiro atoms. The summed E-state index contributed by atoms with van der Waals surface area (Å²) in [5, 5.41) is 0. The van der Waals surface area contributed by atoms with E-state index in [-0.39, 0.29) is 11.8 Å². The lowest BCUT2D eigenvalue weighted by Crippen LogP contribution is -2.40. The SMILES string of the molecule is COc1ccccc1/C=C/C(Cc1ccccc1OC)N1C(=O)c2ccccc2C1=O. The average molecular weight is 413 g/mol. The van der Waals surface area contributed by atoms with Gasteiger partial charge in [-0.05, 0) is 29.8 Å². The fourth-order valence-corrected chi connectivity index (χ4v) is 3.87. The summed E-state index contributed by atoms with van der Waals surface area (Å²) in [6, 6.07) is 21.7. The van der Waals surface area contributed by atoms with Crippen LogP contribution in [0.5, 0.6) is 11.5 Å². The zero-order valence-corrected chi connectivity index (χ0v) is 17.4. The Morgan fingerprint density at radius 1 is 0.774 bits per heavy atom. The quantitative estimate of drug-likeness (QED) is 0.530. The number of para-hydroxylation sites is 2. The highest BCUT2D eigenvalue weighted by Crippen LogP contribution is 2.29. The van der Waals surface area contributed by atoms with Crippen molar-refractivity contribution in [1.82, 2.24) is 4.90 Å². The molecule has 1 unspecified atom stereocenters. The fraction of sp³-hybridized carbons (Fsp3) is 0.154. The van der Waals surface area contributed by atoms with Crippen LogP contribution in [0.3, 0.4) is 0 Å². The Morgan fingerprint density at radius 3 is 1.97 bits per heavy atom. The molecule has 1 aliphatic rings. The second-order valence-electron chi connectivity index (χ2n) is 7.21. The van der Waals surface area contributed by atoms with Gasteiger partial charge in [-0.15, -0.1) is 0 Å². The highest BCUT2D eigenvalue weighted by molar-refractivity contribution is 6.21. The Bertz CT molecular complexity index is 1120. The van der Waals surface area contributed by atoms with Crippen molar-refractivity contribution < 1.29 is 19.1 Å². The second kappa shape index (κ2) is 8.88. The Morgan fingerprint density at radius 2 is 1.32 bits per heavy atom. The normalized spacial score (nSPS) is 14.1. The van der Waals surface area contributed by atoms with Gasteiger partial charge in [-0.1, -0.05) is 60.7 Å². The molecule has 4 rings (SSSR count). The summed E-state index contributed by atoms with van der Waals surface area (Å²) in [5.74, 6) is 0.863. The number of hydrogen-bond donors (Lipinski definition) is 0. The van der Waals surface area contributed by atoms with Crippen LogP contribution in [0.2, 0.25) is 0 Å². The lowest BCUT2D eigenvalue weighted by molar-refractivity contribution is 0.0615. The molecule has 0 saturated carbocycles. The van der Waals surface area contributed by atoms with E-state index in [2.05, 4.69) is 0 Å². The largest absolute Gasteiger partial charge is 0.496 e. The van der Waals surface area contributed by atoms with Crippen molar-refractivity contribution >= 4 is 17.9 Å². The molecule has 5 heteroatoms. The number of methoxy groups -OCH3 is 2. The molecular formula is C26H23NO4. The Kier molecular flexibility index (Phi) is 5.85. The molecule has 1 heterocycles. The topological polar surface area (TPSA) is 55.8 Å². The second-order valence-corrected chi connectivity index (χ2v) is 7.21. The van der Waals surface area contributed by atoms with E-state index < -0.39 is 6.04 Å². The number of carbonyl (C=O) groups is 2. The molecule has 2 amide bonds. The average Bonchev–Trinajstić information content (AvgIpc) is 3.07. The van der Waals surface area contributed by atoms with Crippen molar-refractivity contribution in [1.29, 1.82) is 0 Å². The van der Waals surface area contributed by atoms with Gasteiger partial charge in [0.1, 0.15) is 11.5 Å². The first-order chi connectivity index (χ1) is 15.1. The van der Waals surface area contributed by atoms with Crippen molar-refractivity contribution in [2.45, 2.75) is 12.5 Å². The molecule has 1 atom stereocenters. The van der Waals surface area contributed by atoms with Crippen molar-refractivity contribution in [3.05, 3.63) is 101 Å². The third-order valence-corrected chi connectivity index (χ3v) is 5.42. The highest BCUT2D eigenvalue weighted by Gasteiger charge is 2.39. The molecule has 1 aliphatic heterocycles. The number of amides is 2. The monoisotopic (exact) mass is 413 g/mol. The summed E-state index contributed by atoms with van der Waals surface area (Å²) in [6.07, 6.45) is 4.20. The standard InChI is InChI=1S/C26H23NO4/c1-30-23-13-7-3-9-18(23)15-16-20(17-19-10-4-8-14-24(19)31-2)27-25(28)21-11-5-6-12-22(21)26(27)29/h3-16,20H,17H2,1-2H3/b16-15+. The third kappa shape index (κ3) is 3.94. The Balaban J connectivity index is 1.74. The zero-order chi connectivity index (χ0) is 21.8. The van der Waals surface area contributed by atoms with E-state index in [4.69, 9.17) is 9.47 Å². The van der Waals surface area contributed by atoms with Crippen molar-refractivity contribution in [2.24, 2.45) is 0 Å². The van der Waals surface area contributed by atoms with E-state index in [9.17, 15) is 9.59 Å². The summed E-state index contributed by atoms with van der Waals surface area (Å²) in [7, 11) is 3.23. The number of hydrogen-bond acceptors (Lipinski definition) is 4. The fourth-order valence-electron chi connectivity index (χ4n) is 3.87. The van der Waals surface area contributed by atoms with Gasteiger partial charge in [-0.2, -0.15) is 0 Å². The molecule has 0 saturated heterocycles. The molecule has 0 fully saturated rings. The van der Waals surface area contributed by atoms with Crippen LogP contribution in [0.15, 0.2) is 78.9 Å². The van der Waals surface area contributed by atoms with E-state index >= 15 is 0 Å². The van der Waals surface area contributed by atoms with Gasteiger partial charge in [0.2, 0.25) is 0 Å². The van der Waals surface area contributed by atoms with E-state index in [1.807, 2.05) is 60.7 Å². The van der Waals surface area contributed by atoms with Crippen LogP contribution < -0.4 is 9.47 Å². The van der Waals surface area contributed by atoms with E-state index in [1.165, 1.54) is 4.90 Å². The maximum Gasteiger partial charge on any atom is 0.262 e. The van der Waals surface area contributed by atoms with Gasteiger partial charge in [0.05, 0.1) is 31.4 Å². The number of fused-ring (bicyclic) bond motifs is 1. The van der Waals surface area contributed by atoms with Gasteiger partial charge in [-0.3, -0.25) is 14.5 Å². The van der Waals surface area contributed by atoms with Crippen molar-refractivity contribution in [2.75, 3.05) is 14.2 Å². The van der Waals surface area contributed by atoms with Crippen molar-refractivity contribution in [3.8, 4) is 11.5 Å². The summed E-state index contributed by atoms with van der Waals surface area (Å²) in [5.41, 5.74) is 2.65. The predicted octanol–water partition coefficient (Wildman–Crippen LogP) is 4.62. The van der Waals surface area contributed by atoms with Gasteiger partial charge >= 0.3 is 0 Å². The minimum atomic E-state index is -0.492. The van der Waals surface area contributed by atoms with Crippen LogP contribution in [-0.2, 0) is 6.42 Å². The maximum absolute atomic E-state index is 13.1. The van der Waals surface area contributed by atoms with E-state index in [0.717, 1.165) is 22.6 Å². The maximum atomic E-state index is 13.1. The Hall–Kier alpha value is -3.86. The minimum Gasteiger partial charge on any atom is -0.496 e. The first-order valence-corrected chi connectivity index (χ1v) is 10.0. The number of nitrogens with zero attached hydrogens (tertiary/aromatic N) is 1. The molecular weight excluding hydrogens is 390 g/mol. The molecule has 0 aliphatic carbocycles. The zero-order valence-electron chi connectivity index (χ0n) is 17.4. The third-order valence-electron chi connectivity index (χ3n) is 5.42. The molecule has 0 radical (unpaired) electrons. The van der Waals surface area contributed by atoms with E-state index in [1.54, 1.807) is 38.5 Å². The van der Waals surface area contributed by atoms with E-state index in [0.29, 0.717) is 17.5 Å². The van der Waals surface area contributed by atoms with Crippen LogP contribution in [0, 0.1) is 0 Å². The first-order valence-electron chi connectivity index (χ1n) is 10.0.